The van der Waals surface area contributed by atoms with Gasteiger partial charge in [0, 0.05) is 19.6 Å². The largest absolute Gasteiger partial charge is 0.342 e. The molecular formula is C17H28N2O. The van der Waals surface area contributed by atoms with Gasteiger partial charge < -0.3 is 10.2 Å². The minimum atomic E-state index is 0.173. The highest BCUT2D eigenvalue weighted by Crippen LogP contribution is 2.09. The van der Waals surface area contributed by atoms with E-state index in [0.717, 1.165) is 26.1 Å². The molecule has 0 atom stereocenters. The van der Waals surface area contributed by atoms with E-state index in [-0.39, 0.29) is 5.91 Å². The minimum Gasteiger partial charge on any atom is -0.342 e. The molecule has 0 bridgehead atoms. The topological polar surface area (TPSA) is 32.3 Å². The van der Waals surface area contributed by atoms with Gasteiger partial charge in [-0.25, -0.2) is 0 Å². The molecule has 0 heterocycles. The highest BCUT2D eigenvalue weighted by Gasteiger charge is 2.08. The third kappa shape index (κ3) is 5.74. The Morgan fingerprint density at radius 1 is 1.10 bits per heavy atom. The van der Waals surface area contributed by atoms with Crippen molar-refractivity contribution in [2.45, 2.75) is 40.7 Å². The first-order valence-electron chi connectivity index (χ1n) is 7.63. The molecule has 1 N–H and O–H groups in total. The molecule has 3 nitrogen and oxygen atoms in total. The summed E-state index contributed by atoms with van der Waals surface area (Å²) in [7, 11) is 0. The predicted octanol–water partition coefficient (Wildman–Crippen LogP) is 2.84. The fraction of sp³-hybridized carbons (Fsp3) is 0.588. The second kappa shape index (κ2) is 8.75. The normalized spacial score (nSPS) is 10.8. The fourth-order valence-electron chi connectivity index (χ4n) is 2.27. The quantitative estimate of drug-likeness (QED) is 0.792. The number of benzene rings is 1. The maximum atomic E-state index is 11.8. The molecule has 1 amide bonds. The standard InChI is InChI=1S/C17H28N2O/c1-5-19(6-2)17(20)13-18-12-16-9-7-15(8-10-16)11-14(3)4/h7-10,14,18H,5-6,11-13H2,1-4H3. The first-order valence-corrected chi connectivity index (χ1v) is 7.63. The van der Waals surface area contributed by atoms with Crippen LogP contribution in [0.15, 0.2) is 24.3 Å². The molecule has 0 aliphatic rings. The van der Waals surface area contributed by atoms with Gasteiger partial charge in [-0.3, -0.25) is 4.79 Å². The Morgan fingerprint density at radius 2 is 1.65 bits per heavy atom. The Balaban J connectivity index is 2.37. The number of amides is 1. The smallest absolute Gasteiger partial charge is 0.236 e. The van der Waals surface area contributed by atoms with Crippen LogP contribution in [-0.2, 0) is 17.8 Å². The molecule has 0 fully saturated rings. The fourth-order valence-corrected chi connectivity index (χ4v) is 2.27. The lowest BCUT2D eigenvalue weighted by atomic mass is 10.0. The molecule has 0 unspecified atom stereocenters. The zero-order valence-corrected chi connectivity index (χ0v) is 13.3. The van der Waals surface area contributed by atoms with Crippen LogP contribution in [0.4, 0.5) is 0 Å². The summed E-state index contributed by atoms with van der Waals surface area (Å²) in [4.78, 5) is 13.7. The monoisotopic (exact) mass is 276 g/mol. The van der Waals surface area contributed by atoms with Crippen LogP contribution in [0.5, 0.6) is 0 Å². The molecule has 1 aromatic rings. The van der Waals surface area contributed by atoms with Gasteiger partial charge in [-0.05, 0) is 37.3 Å². The molecule has 0 aliphatic heterocycles. The summed E-state index contributed by atoms with van der Waals surface area (Å²) >= 11 is 0. The van der Waals surface area contributed by atoms with Gasteiger partial charge in [0.05, 0.1) is 6.54 Å². The van der Waals surface area contributed by atoms with Crippen LogP contribution < -0.4 is 5.32 Å². The zero-order valence-electron chi connectivity index (χ0n) is 13.3. The molecule has 3 heteroatoms. The van der Waals surface area contributed by atoms with Gasteiger partial charge in [-0.15, -0.1) is 0 Å². The van der Waals surface area contributed by atoms with Gasteiger partial charge in [0.25, 0.3) is 0 Å². The Bertz CT molecular complexity index is 394. The lowest BCUT2D eigenvalue weighted by molar-refractivity contribution is -0.129. The summed E-state index contributed by atoms with van der Waals surface area (Å²) in [5.74, 6) is 0.858. The van der Waals surface area contributed by atoms with Crippen molar-refractivity contribution in [1.29, 1.82) is 0 Å². The summed E-state index contributed by atoms with van der Waals surface area (Å²) in [5.41, 5.74) is 2.60. The summed E-state index contributed by atoms with van der Waals surface area (Å²) in [6.45, 7) is 11.2. The molecular weight excluding hydrogens is 248 g/mol. The summed E-state index contributed by atoms with van der Waals surface area (Å²) in [5, 5.41) is 3.22. The highest BCUT2D eigenvalue weighted by atomic mass is 16.2. The summed E-state index contributed by atoms with van der Waals surface area (Å²) in [6, 6.07) is 8.66. The van der Waals surface area contributed by atoms with E-state index in [1.807, 2.05) is 18.7 Å². The number of rotatable bonds is 8. The molecule has 0 radical (unpaired) electrons. The van der Waals surface area contributed by atoms with Crippen LogP contribution in [0.25, 0.3) is 0 Å². The molecule has 0 aromatic heterocycles. The van der Waals surface area contributed by atoms with E-state index in [1.54, 1.807) is 0 Å². The number of nitrogens with zero attached hydrogens (tertiary/aromatic N) is 1. The summed E-state index contributed by atoms with van der Waals surface area (Å²) < 4.78 is 0. The average Bonchev–Trinajstić information content (AvgIpc) is 2.41. The molecule has 1 rings (SSSR count). The first kappa shape index (κ1) is 16.7. The molecule has 112 valence electrons. The first-order chi connectivity index (χ1) is 9.56. The van der Waals surface area contributed by atoms with Crippen molar-refractivity contribution in [3.05, 3.63) is 35.4 Å². The SMILES string of the molecule is CCN(CC)C(=O)CNCc1ccc(CC(C)C)cc1. The van der Waals surface area contributed by atoms with Gasteiger partial charge in [-0.1, -0.05) is 38.1 Å². The molecule has 1 aromatic carbocycles. The predicted molar refractivity (Wildman–Crippen MR) is 84.6 cm³/mol. The van der Waals surface area contributed by atoms with E-state index >= 15 is 0 Å². The van der Waals surface area contributed by atoms with Crippen molar-refractivity contribution < 1.29 is 4.79 Å². The Hall–Kier alpha value is -1.35. The third-order valence-electron chi connectivity index (χ3n) is 3.39. The van der Waals surface area contributed by atoms with Crippen molar-refractivity contribution in [3.63, 3.8) is 0 Å². The second-order valence-corrected chi connectivity index (χ2v) is 5.58. The minimum absolute atomic E-state index is 0.173. The molecule has 0 saturated heterocycles. The highest BCUT2D eigenvalue weighted by molar-refractivity contribution is 5.78. The van der Waals surface area contributed by atoms with Crippen LogP contribution in [0.2, 0.25) is 0 Å². The zero-order chi connectivity index (χ0) is 15.0. The summed E-state index contributed by atoms with van der Waals surface area (Å²) in [6.07, 6.45) is 1.12. The lowest BCUT2D eigenvalue weighted by Gasteiger charge is -2.18. The van der Waals surface area contributed by atoms with E-state index < -0.39 is 0 Å². The maximum Gasteiger partial charge on any atom is 0.236 e. The lowest BCUT2D eigenvalue weighted by Crippen LogP contribution is -2.37. The van der Waals surface area contributed by atoms with Gasteiger partial charge in [0.2, 0.25) is 5.91 Å². The average molecular weight is 276 g/mol. The Morgan fingerprint density at radius 3 is 2.15 bits per heavy atom. The van der Waals surface area contributed by atoms with E-state index in [9.17, 15) is 4.79 Å². The van der Waals surface area contributed by atoms with Gasteiger partial charge in [-0.2, -0.15) is 0 Å². The van der Waals surface area contributed by atoms with Gasteiger partial charge in [0.1, 0.15) is 0 Å². The van der Waals surface area contributed by atoms with Crippen molar-refractivity contribution >= 4 is 5.91 Å². The van der Waals surface area contributed by atoms with Gasteiger partial charge >= 0.3 is 0 Å². The molecule has 0 aliphatic carbocycles. The van der Waals surface area contributed by atoms with Crippen molar-refractivity contribution in [2.75, 3.05) is 19.6 Å². The van der Waals surface area contributed by atoms with Crippen molar-refractivity contribution in [3.8, 4) is 0 Å². The van der Waals surface area contributed by atoms with Crippen molar-refractivity contribution in [2.24, 2.45) is 5.92 Å². The number of hydrogen-bond acceptors (Lipinski definition) is 2. The van der Waals surface area contributed by atoms with Crippen LogP contribution >= 0.6 is 0 Å². The molecule has 0 spiro atoms. The maximum absolute atomic E-state index is 11.8. The number of nitrogens with one attached hydrogen (secondary N) is 1. The second-order valence-electron chi connectivity index (χ2n) is 5.58. The van der Waals surface area contributed by atoms with E-state index in [2.05, 4.69) is 43.4 Å². The van der Waals surface area contributed by atoms with Crippen LogP contribution in [0, 0.1) is 5.92 Å². The van der Waals surface area contributed by atoms with E-state index in [1.165, 1.54) is 11.1 Å². The van der Waals surface area contributed by atoms with Crippen LogP contribution in [0.3, 0.4) is 0 Å². The van der Waals surface area contributed by atoms with Crippen LogP contribution in [0.1, 0.15) is 38.8 Å². The van der Waals surface area contributed by atoms with Crippen molar-refractivity contribution in [1.82, 2.24) is 10.2 Å². The van der Waals surface area contributed by atoms with E-state index in [4.69, 9.17) is 0 Å². The van der Waals surface area contributed by atoms with Crippen LogP contribution in [-0.4, -0.2) is 30.4 Å². The van der Waals surface area contributed by atoms with Gasteiger partial charge in [0.15, 0.2) is 0 Å². The third-order valence-corrected chi connectivity index (χ3v) is 3.39. The number of carbonyl (C=O) groups is 1. The van der Waals surface area contributed by atoms with E-state index in [0.29, 0.717) is 12.5 Å². The number of carbonyl (C=O) groups excluding carboxylic acids is 1. The number of likely N-dealkylation sites (N-methyl/N-ethyl adjacent to an activating group) is 1. The Labute approximate surface area is 123 Å². The number of hydrogen-bond donors (Lipinski definition) is 1. The Kier molecular flexibility index (Phi) is 7.31. The molecule has 0 saturated carbocycles. The molecule has 20 heavy (non-hydrogen) atoms.